The first kappa shape index (κ1) is 25.7. The lowest BCUT2D eigenvalue weighted by atomic mass is 9.84. The molecule has 0 saturated heterocycles. The Hall–Kier alpha value is -2.53. The highest BCUT2D eigenvalue weighted by molar-refractivity contribution is 7.82. The highest BCUT2D eigenvalue weighted by atomic mass is 35.5. The Balaban J connectivity index is 2.16. The van der Waals surface area contributed by atoms with E-state index in [4.69, 9.17) is 28.6 Å². The van der Waals surface area contributed by atoms with Crippen LogP contribution in [0.3, 0.4) is 0 Å². The third-order valence-electron chi connectivity index (χ3n) is 4.69. The molecule has 1 aliphatic carbocycles. The molecule has 0 radical (unpaired) electrons. The summed E-state index contributed by atoms with van der Waals surface area (Å²) >= 11 is 10.9. The van der Waals surface area contributed by atoms with Gasteiger partial charge in [0.25, 0.3) is 5.91 Å². The molecule has 1 aromatic rings. The molecule has 176 valence electrons. The Morgan fingerprint density at radius 1 is 1.19 bits per heavy atom. The molecule has 2 atom stereocenters. The van der Waals surface area contributed by atoms with Gasteiger partial charge in [-0.05, 0) is 52.2 Å². The van der Waals surface area contributed by atoms with E-state index in [2.05, 4.69) is 20.9 Å². The van der Waals surface area contributed by atoms with Crippen molar-refractivity contribution in [1.82, 2.24) is 25.5 Å². The van der Waals surface area contributed by atoms with Gasteiger partial charge in [-0.1, -0.05) is 30.2 Å². The van der Waals surface area contributed by atoms with E-state index in [1.165, 1.54) is 17.1 Å². The summed E-state index contributed by atoms with van der Waals surface area (Å²) in [6.45, 7) is 5.23. The van der Waals surface area contributed by atoms with Crippen LogP contribution in [0.1, 0.15) is 46.5 Å². The number of nitrogens with zero attached hydrogens (tertiary/aromatic N) is 4. The highest BCUT2D eigenvalue weighted by Crippen LogP contribution is 2.29. The van der Waals surface area contributed by atoms with E-state index >= 15 is 0 Å². The maximum Gasteiger partial charge on any atom is 0.429 e. The molecule has 32 heavy (non-hydrogen) atoms. The molecule has 1 saturated carbocycles. The van der Waals surface area contributed by atoms with Crippen LogP contribution >= 0.6 is 23.8 Å². The van der Waals surface area contributed by atoms with Crippen LogP contribution in [-0.4, -0.2) is 68.7 Å². The van der Waals surface area contributed by atoms with Gasteiger partial charge in [-0.2, -0.15) is 0 Å². The Kier molecular flexibility index (Phi) is 8.73. The molecule has 0 bridgehead atoms. The quantitative estimate of drug-likeness (QED) is 0.497. The van der Waals surface area contributed by atoms with Crippen LogP contribution < -0.4 is 10.7 Å². The number of anilines is 1. The van der Waals surface area contributed by atoms with Gasteiger partial charge >= 0.3 is 6.09 Å². The lowest BCUT2D eigenvalue weighted by molar-refractivity contribution is -0.134. The Labute approximate surface area is 198 Å². The molecule has 10 nitrogen and oxygen atoms in total. The van der Waals surface area contributed by atoms with Crippen molar-refractivity contribution in [3.63, 3.8) is 0 Å². The summed E-state index contributed by atoms with van der Waals surface area (Å²) in [5.74, 6) is -0.758. The fraction of sp³-hybridized carbons (Fsp3) is 0.600. The van der Waals surface area contributed by atoms with Crippen LogP contribution in [0, 0.1) is 5.92 Å². The van der Waals surface area contributed by atoms with Crippen molar-refractivity contribution in [2.24, 2.45) is 5.92 Å². The van der Waals surface area contributed by atoms with E-state index in [0.717, 1.165) is 12.8 Å². The number of rotatable bonds is 3. The van der Waals surface area contributed by atoms with Gasteiger partial charge < -0.3 is 15.0 Å². The summed E-state index contributed by atoms with van der Waals surface area (Å²) in [7, 11) is 3.41. The van der Waals surface area contributed by atoms with Gasteiger partial charge in [-0.3, -0.25) is 15.0 Å². The highest BCUT2D eigenvalue weighted by Gasteiger charge is 2.36. The van der Waals surface area contributed by atoms with Crippen molar-refractivity contribution in [1.29, 1.82) is 0 Å². The zero-order valence-corrected chi connectivity index (χ0v) is 20.4. The summed E-state index contributed by atoms with van der Waals surface area (Å²) in [5, 5.41) is 11.3. The summed E-state index contributed by atoms with van der Waals surface area (Å²) in [6, 6.07) is 2.56. The van der Waals surface area contributed by atoms with E-state index in [1.54, 1.807) is 39.8 Å². The third-order valence-corrected chi connectivity index (χ3v) is 5.17. The molecule has 1 aliphatic rings. The first-order chi connectivity index (χ1) is 14.9. The first-order valence-corrected chi connectivity index (χ1v) is 11.0. The number of hydrogen-bond donors (Lipinski definition) is 2. The Morgan fingerprint density at radius 2 is 1.88 bits per heavy atom. The number of carbonyl (C=O) groups excluding carboxylic acids is 3. The topological polar surface area (TPSA) is 117 Å². The summed E-state index contributed by atoms with van der Waals surface area (Å²) < 4.78 is 5.51. The molecule has 12 heteroatoms. The standard InChI is InChI=1S/C20H29ClN6O4S/c1-20(2,3)31-19(30)27(13-8-6-7-12(11-13)18(29)26(4)5)25-17(32)16(28)22-15-10-9-14(21)23-24-15/h9-10,12-13H,6-8,11H2,1-5H3,(H,25,32)(H,22,24,28)/t12-,13?/m0/s1. The predicted molar refractivity (Wildman–Crippen MR) is 124 cm³/mol. The minimum atomic E-state index is -0.757. The van der Waals surface area contributed by atoms with Crippen molar-refractivity contribution in [2.75, 3.05) is 19.4 Å². The molecule has 1 fully saturated rings. The summed E-state index contributed by atoms with van der Waals surface area (Å²) in [6.07, 6.45) is 1.86. The summed E-state index contributed by atoms with van der Waals surface area (Å²) in [4.78, 5) is 39.2. The maximum absolute atomic E-state index is 12.9. The average Bonchev–Trinajstić information content (AvgIpc) is 2.71. The van der Waals surface area contributed by atoms with Crippen molar-refractivity contribution in [3.8, 4) is 0 Å². The monoisotopic (exact) mass is 484 g/mol. The Bertz CT molecular complexity index is 859. The minimum absolute atomic E-state index is 0.000436. The number of hydrogen-bond acceptors (Lipinski definition) is 7. The van der Waals surface area contributed by atoms with E-state index in [0.29, 0.717) is 12.8 Å². The van der Waals surface area contributed by atoms with Crippen LogP contribution in [0.15, 0.2) is 12.1 Å². The van der Waals surface area contributed by atoms with Crippen molar-refractivity contribution in [2.45, 2.75) is 58.1 Å². The zero-order chi connectivity index (χ0) is 24.1. The van der Waals surface area contributed by atoms with E-state index in [1.807, 2.05) is 0 Å². The number of amides is 3. The number of thiocarbonyl (C=S) groups is 1. The SMILES string of the molecule is CN(C)C(=O)[C@H]1CCCC(N(NC(=S)C(=O)Nc2ccc(Cl)nn2)C(=O)OC(C)(C)C)C1. The maximum atomic E-state index is 12.9. The van der Waals surface area contributed by atoms with Crippen LogP contribution in [0.5, 0.6) is 0 Å². The van der Waals surface area contributed by atoms with Gasteiger partial charge in [0.2, 0.25) is 5.91 Å². The fourth-order valence-electron chi connectivity index (χ4n) is 3.30. The lowest BCUT2D eigenvalue weighted by Gasteiger charge is -2.38. The number of halogens is 1. The largest absolute Gasteiger partial charge is 0.442 e. The molecule has 2 rings (SSSR count). The predicted octanol–water partition coefficient (Wildman–Crippen LogP) is 2.78. The van der Waals surface area contributed by atoms with Gasteiger partial charge in [0.15, 0.2) is 16.0 Å². The Morgan fingerprint density at radius 3 is 2.44 bits per heavy atom. The van der Waals surface area contributed by atoms with Gasteiger partial charge in [0.1, 0.15) is 5.60 Å². The summed E-state index contributed by atoms with van der Waals surface area (Å²) in [5.41, 5.74) is 1.95. The van der Waals surface area contributed by atoms with Crippen LogP contribution in [0.25, 0.3) is 0 Å². The first-order valence-electron chi connectivity index (χ1n) is 10.2. The molecule has 0 aliphatic heterocycles. The van der Waals surface area contributed by atoms with Crippen molar-refractivity contribution in [3.05, 3.63) is 17.3 Å². The number of aromatic nitrogens is 2. The molecule has 0 spiro atoms. The lowest BCUT2D eigenvalue weighted by Crippen LogP contribution is -2.56. The molecule has 3 amide bonds. The van der Waals surface area contributed by atoms with Gasteiger partial charge in [-0.15, -0.1) is 10.2 Å². The van der Waals surface area contributed by atoms with Crippen LogP contribution in [0.2, 0.25) is 5.15 Å². The van der Waals surface area contributed by atoms with Crippen molar-refractivity contribution < 1.29 is 19.1 Å². The number of ether oxygens (including phenoxy) is 1. The van der Waals surface area contributed by atoms with Crippen molar-refractivity contribution >= 4 is 52.5 Å². The normalized spacial score (nSPS) is 18.3. The van der Waals surface area contributed by atoms with Gasteiger partial charge in [-0.25, -0.2) is 9.80 Å². The fourth-order valence-corrected chi connectivity index (χ4v) is 3.55. The molecule has 1 unspecified atom stereocenters. The van der Waals surface area contributed by atoms with E-state index in [9.17, 15) is 14.4 Å². The second kappa shape index (κ2) is 10.9. The van der Waals surface area contributed by atoms with Gasteiger partial charge in [0, 0.05) is 20.0 Å². The van der Waals surface area contributed by atoms with E-state index < -0.39 is 17.6 Å². The molecule has 1 aromatic heterocycles. The molecular formula is C20H29ClN6O4S. The van der Waals surface area contributed by atoms with Crippen LogP contribution in [0.4, 0.5) is 10.6 Å². The second-order valence-corrected chi connectivity index (χ2v) is 9.53. The molecule has 2 N–H and O–H groups in total. The number of carbonyl (C=O) groups is 3. The second-order valence-electron chi connectivity index (χ2n) is 8.74. The van der Waals surface area contributed by atoms with Crippen LogP contribution in [-0.2, 0) is 14.3 Å². The number of hydrazine groups is 1. The third kappa shape index (κ3) is 7.56. The smallest absolute Gasteiger partial charge is 0.429 e. The molecular weight excluding hydrogens is 456 g/mol. The molecule has 0 aromatic carbocycles. The zero-order valence-electron chi connectivity index (χ0n) is 18.8. The average molecular weight is 485 g/mol. The van der Waals surface area contributed by atoms with Gasteiger partial charge in [0.05, 0.1) is 6.04 Å². The van der Waals surface area contributed by atoms with E-state index in [-0.39, 0.29) is 33.8 Å². The number of nitrogens with one attached hydrogen (secondary N) is 2. The minimum Gasteiger partial charge on any atom is -0.442 e. The molecule has 1 heterocycles.